The molecule has 1 N–H and O–H groups in total. The van der Waals surface area contributed by atoms with Crippen molar-refractivity contribution in [3.8, 4) is 5.75 Å². The lowest BCUT2D eigenvalue weighted by Gasteiger charge is -2.25. The van der Waals surface area contributed by atoms with Gasteiger partial charge in [-0.2, -0.15) is 0 Å². The molecule has 1 aromatic rings. The van der Waals surface area contributed by atoms with Gasteiger partial charge in [0.1, 0.15) is 18.2 Å². The van der Waals surface area contributed by atoms with Crippen molar-refractivity contribution in [2.75, 3.05) is 19.7 Å². The highest BCUT2D eigenvalue weighted by Gasteiger charge is 2.25. The lowest BCUT2D eigenvalue weighted by atomic mass is 10.1. The molecule has 2 unspecified atom stereocenters. The molecule has 112 valence electrons. The van der Waals surface area contributed by atoms with Gasteiger partial charge in [0.15, 0.2) is 0 Å². The maximum atomic E-state index is 12.9. The van der Waals surface area contributed by atoms with Gasteiger partial charge in [-0.05, 0) is 50.9 Å². The number of benzene rings is 1. The molecule has 1 heterocycles. The number of aliphatic hydroxyl groups is 1. The summed E-state index contributed by atoms with van der Waals surface area (Å²) >= 11 is 5.91. The minimum atomic E-state index is -0.362. The Hall–Kier alpha value is -0.840. The van der Waals surface area contributed by atoms with E-state index in [0.717, 1.165) is 32.4 Å². The second kappa shape index (κ2) is 7.25. The molecule has 3 nitrogen and oxygen atoms in total. The zero-order valence-electron chi connectivity index (χ0n) is 11.7. The van der Waals surface area contributed by atoms with E-state index in [1.807, 2.05) is 6.92 Å². The van der Waals surface area contributed by atoms with Crippen LogP contribution in [0.4, 0.5) is 4.39 Å². The zero-order chi connectivity index (χ0) is 14.5. The number of hydrogen-bond donors (Lipinski definition) is 1. The van der Waals surface area contributed by atoms with E-state index in [9.17, 15) is 9.50 Å². The molecular weight excluding hydrogens is 281 g/mol. The fraction of sp³-hybridized carbons (Fsp3) is 0.600. The second-order valence-corrected chi connectivity index (χ2v) is 5.75. The molecule has 1 saturated heterocycles. The molecule has 1 aliphatic heterocycles. The first-order valence-electron chi connectivity index (χ1n) is 7.06. The molecule has 1 aromatic carbocycles. The Labute approximate surface area is 124 Å². The van der Waals surface area contributed by atoms with Gasteiger partial charge in [0.2, 0.25) is 0 Å². The van der Waals surface area contributed by atoms with E-state index < -0.39 is 0 Å². The molecular formula is C15H21ClFNO2. The molecule has 0 aromatic heterocycles. The molecule has 20 heavy (non-hydrogen) atoms. The van der Waals surface area contributed by atoms with Gasteiger partial charge in [0, 0.05) is 12.6 Å². The SMILES string of the molecule is CC(O)CC1CCCN1CCOc1ccc(F)cc1Cl. The summed E-state index contributed by atoms with van der Waals surface area (Å²) in [4.78, 5) is 2.34. The van der Waals surface area contributed by atoms with Gasteiger partial charge < -0.3 is 9.84 Å². The molecule has 0 aliphatic carbocycles. The summed E-state index contributed by atoms with van der Waals surface area (Å²) in [7, 11) is 0. The first-order chi connectivity index (χ1) is 9.56. The second-order valence-electron chi connectivity index (χ2n) is 5.34. The van der Waals surface area contributed by atoms with Crippen molar-refractivity contribution in [2.24, 2.45) is 0 Å². The molecule has 0 spiro atoms. The molecule has 0 bridgehead atoms. The van der Waals surface area contributed by atoms with E-state index in [1.54, 1.807) is 6.07 Å². The van der Waals surface area contributed by atoms with E-state index in [4.69, 9.17) is 16.3 Å². The molecule has 0 radical (unpaired) electrons. The smallest absolute Gasteiger partial charge is 0.138 e. The summed E-state index contributed by atoms with van der Waals surface area (Å²) in [5, 5.41) is 9.78. The van der Waals surface area contributed by atoms with E-state index >= 15 is 0 Å². The third kappa shape index (κ3) is 4.33. The largest absolute Gasteiger partial charge is 0.491 e. The van der Waals surface area contributed by atoms with Crippen LogP contribution in [-0.2, 0) is 0 Å². The van der Waals surface area contributed by atoms with E-state index in [-0.39, 0.29) is 11.9 Å². The molecule has 2 rings (SSSR count). The molecule has 2 atom stereocenters. The molecule has 5 heteroatoms. The van der Waals surface area contributed by atoms with Gasteiger partial charge in [-0.15, -0.1) is 0 Å². The van der Waals surface area contributed by atoms with Crippen LogP contribution >= 0.6 is 11.6 Å². The van der Waals surface area contributed by atoms with Crippen molar-refractivity contribution in [2.45, 2.75) is 38.3 Å². The number of rotatable bonds is 6. The Bertz CT molecular complexity index is 442. The van der Waals surface area contributed by atoms with Gasteiger partial charge in [0.05, 0.1) is 11.1 Å². The topological polar surface area (TPSA) is 32.7 Å². The fourth-order valence-electron chi connectivity index (χ4n) is 2.72. The van der Waals surface area contributed by atoms with Gasteiger partial charge in [0.25, 0.3) is 0 Å². The van der Waals surface area contributed by atoms with Crippen LogP contribution in [0.1, 0.15) is 26.2 Å². The highest BCUT2D eigenvalue weighted by Crippen LogP contribution is 2.25. The van der Waals surface area contributed by atoms with Gasteiger partial charge >= 0.3 is 0 Å². The van der Waals surface area contributed by atoms with Crippen molar-refractivity contribution in [1.29, 1.82) is 0 Å². The number of likely N-dealkylation sites (tertiary alicyclic amines) is 1. The average Bonchev–Trinajstić information content (AvgIpc) is 2.79. The maximum Gasteiger partial charge on any atom is 0.138 e. The lowest BCUT2D eigenvalue weighted by Crippen LogP contribution is -2.35. The van der Waals surface area contributed by atoms with E-state index in [2.05, 4.69) is 4.90 Å². The normalized spacial score (nSPS) is 21.1. The number of ether oxygens (including phenoxy) is 1. The van der Waals surface area contributed by atoms with Crippen LogP contribution in [0.5, 0.6) is 5.75 Å². The Morgan fingerprint density at radius 1 is 1.55 bits per heavy atom. The highest BCUT2D eigenvalue weighted by molar-refractivity contribution is 6.32. The molecule has 1 fully saturated rings. The first kappa shape index (κ1) is 15.5. The Kier molecular flexibility index (Phi) is 5.64. The molecule has 0 saturated carbocycles. The van der Waals surface area contributed by atoms with Crippen molar-refractivity contribution < 1.29 is 14.2 Å². The van der Waals surface area contributed by atoms with Crippen LogP contribution in [-0.4, -0.2) is 41.8 Å². The Morgan fingerprint density at radius 3 is 3.05 bits per heavy atom. The standard InChI is InChI=1S/C15H21ClFNO2/c1-11(19)9-13-3-2-6-18(13)7-8-20-15-5-4-12(17)10-14(15)16/h4-5,10-11,13,19H,2-3,6-9H2,1H3. The van der Waals surface area contributed by atoms with Gasteiger partial charge in [-0.25, -0.2) is 4.39 Å². The quantitative estimate of drug-likeness (QED) is 0.876. The van der Waals surface area contributed by atoms with Crippen LogP contribution in [0.25, 0.3) is 0 Å². The zero-order valence-corrected chi connectivity index (χ0v) is 12.4. The third-order valence-corrected chi connectivity index (χ3v) is 3.94. The van der Waals surface area contributed by atoms with Crippen LogP contribution in [0.3, 0.4) is 0 Å². The number of hydrogen-bond acceptors (Lipinski definition) is 3. The van der Waals surface area contributed by atoms with Crippen LogP contribution < -0.4 is 4.74 Å². The van der Waals surface area contributed by atoms with Gasteiger partial charge in [-0.1, -0.05) is 11.6 Å². The monoisotopic (exact) mass is 301 g/mol. The summed E-state index contributed by atoms with van der Waals surface area (Å²) < 4.78 is 18.5. The minimum Gasteiger partial charge on any atom is -0.491 e. The number of aliphatic hydroxyl groups excluding tert-OH is 1. The van der Waals surface area contributed by atoms with E-state index in [1.165, 1.54) is 12.1 Å². The summed E-state index contributed by atoms with van der Waals surface area (Å²) in [6.45, 7) is 4.18. The highest BCUT2D eigenvalue weighted by atomic mass is 35.5. The summed E-state index contributed by atoms with van der Waals surface area (Å²) in [6.07, 6.45) is 2.82. The number of halogens is 2. The fourth-order valence-corrected chi connectivity index (χ4v) is 2.94. The van der Waals surface area contributed by atoms with Crippen molar-refractivity contribution in [3.05, 3.63) is 29.0 Å². The van der Waals surface area contributed by atoms with Crippen molar-refractivity contribution in [1.82, 2.24) is 4.90 Å². The first-order valence-corrected chi connectivity index (χ1v) is 7.44. The Morgan fingerprint density at radius 2 is 2.35 bits per heavy atom. The Balaban J connectivity index is 1.80. The average molecular weight is 302 g/mol. The van der Waals surface area contributed by atoms with Crippen LogP contribution in [0.15, 0.2) is 18.2 Å². The minimum absolute atomic E-state index is 0.270. The predicted molar refractivity (Wildman–Crippen MR) is 77.8 cm³/mol. The summed E-state index contributed by atoms with van der Waals surface area (Å²) in [6, 6.07) is 4.58. The summed E-state index contributed by atoms with van der Waals surface area (Å²) in [5.41, 5.74) is 0. The van der Waals surface area contributed by atoms with Crippen molar-refractivity contribution >= 4 is 11.6 Å². The van der Waals surface area contributed by atoms with Crippen LogP contribution in [0, 0.1) is 5.82 Å². The third-order valence-electron chi connectivity index (χ3n) is 3.64. The van der Waals surface area contributed by atoms with E-state index in [0.29, 0.717) is 23.4 Å². The van der Waals surface area contributed by atoms with Gasteiger partial charge in [-0.3, -0.25) is 4.90 Å². The molecule has 1 aliphatic rings. The van der Waals surface area contributed by atoms with Crippen molar-refractivity contribution in [3.63, 3.8) is 0 Å². The number of nitrogens with zero attached hydrogens (tertiary/aromatic N) is 1. The lowest BCUT2D eigenvalue weighted by molar-refractivity contribution is 0.124. The van der Waals surface area contributed by atoms with Crippen LogP contribution in [0.2, 0.25) is 5.02 Å². The predicted octanol–water partition coefficient (Wildman–Crippen LogP) is 3.09. The maximum absolute atomic E-state index is 12.9. The molecule has 0 amide bonds. The summed E-state index contributed by atoms with van der Waals surface area (Å²) in [5.74, 6) is 0.151.